The molecule has 0 aromatic heterocycles. The number of para-hydroxylation sites is 1. The first-order valence-corrected chi connectivity index (χ1v) is 7.95. The topological polar surface area (TPSA) is 21.3 Å². The van der Waals surface area contributed by atoms with Gasteiger partial charge in [-0.05, 0) is 18.1 Å². The molecule has 0 fully saturated rings. The Morgan fingerprint density at radius 2 is 1.86 bits per heavy atom. The summed E-state index contributed by atoms with van der Waals surface area (Å²) in [5.41, 5.74) is 2.62. The van der Waals surface area contributed by atoms with Crippen LogP contribution in [-0.2, 0) is 6.42 Å². The van der Waals surface area contributed by atoms with E-state index < -0.39 is 0 Å². The molecule has 1 heterocycles. The quantitative estimate of drug-likeness (QED) is 0.823. The van der Waals surface area contributed by atoms with E-state index in [4.69, 9.17) is 16.3 Å². The minimum atomic E-state index is 0.293. The van der Waals surface area contributed by atoms with Gasteiger partial charge in [-0.2, -0.15) is 0 Å². The van der Waals surface area contributed by atoms with Crippen LogP contribution in [0.2, 0.25) is 0 Å². The molecule has 110 valence electrons. The van der Waals surface area contributed by atoms with Crippen LogP contribution in [0.3, 0.4) is 0 Å². The minimum absolute atomic E-state index is 0.293. The van der Waals surface area contributed by atoms with Crippen LogP contribution < -0.4 is 10.1 Å². The lowest BCUT2D eigenvalue weighted by molar-refractivity contribution is 0.323. The van der Waals surface area contributed by atoms with Crippen LogP contribution in [0.5, 0.6) is 5.75 Å². The fraction of sp³-hybridized carbons (Fsp3) is 0.333. The molecule has 0 saturated heterocycles. The third-order valence-electron chi connectivity index (χ3n) is 3.96. The van der Waals surface area contributed by atoms with Gasteiger partial charge in [0, 0.05) is 29.9 Å². The van der Waals surface area contributed by atoms with E-state index in [9.17, 15) is 0 Å². The Hall–Kier alpha value is -1.51. The first-order chi connectivity index (χ1) is 10.4. The average molecular weight is 302 g/mol. The van der Waals surface area contributed by atoms with Crippen LogP contribution in [0.4, 0.5) is 0 Å². The zero-order chi connectivity index (χ0) is 14.5. The van der Waals surface area contributed by atoms with E-state index >= 15 is 0 Å². The smallest absolute Gasteiger partial charge is 0.122 e. The predicted octanol–water partition coefficient (Wildman–Crippen LogP) is 3.60. The van der Waals surface area contributed by atoms with E-state index in [0.29, 0.717) is 17.8 Å². The lowest BCUT2D eigenvalue weighted by Crippen LogP contribution is -2.36. The van der Waals surface area contributed by atoms with Crippen LogP contribution in [0, 0.1) is 0 Å². The highest BCUT2D eigenvalue weighted by molar-refractivity contribution is 6.18. The summed E-state index contributed by atoms with van der Waals surface area (Å²) >= 11 is 6.11. The van der Waals surface area contributed by atoms with Crippen LogP contribution in [0.25, 0.3) is 0 Å². The zero-order valence-electron chi connectivity index (χ0n) is 12.0. The minimum Gasteiger partial charge on any atom is -0.493 e. The van der Waals surface area contributed by atoms with Crippen molar-refractivity contribution in [2.75, 3.05) is 19.0 Å². The van der Waals surface area contributed by atoms with Gasteiger partial charge < -0.3 is 10.1 Å². The molecule has 0 bridgehead atoms. The Kier molecular flexibility index (Phi) is 4.79. The maximum atomic E-state index is 6.11. The van der Waals surface area contributed by atoms with Gasteiger partial charge in [0.05, 0.1) is 6.61 Å². The van der Waals surface area contributed by atoms with Crippen molar-refractivity contribution in [1.29, 1.82) is 0 Å². The standard InChI is InChI=1S/C18H20ClNO/c19-11-16(10-14-6-2-1-3-7-14)20-12-15-13-21-18-9-5-4-8-17(15)18/h1-9,15-16,20H,10-13H2. The molecule has 1 aliphatic rings. The number of rotatable bonds is 6. The largest absolute Gasteiger partial charge is 0.493 e. The van der Waals surface area contributed by atoms with Crippen molar-refractivity contribution >= 4 is 11.6 Å². The van der Waals surface area contributed by atoms with Crippen LogP contribution in [0.15, 0.2) is 54.6 Å². The van der Waals surface area contributed by atoms with Crippen molar-refractivity contribution < 1.29 is 4.74 Å². The van der Waals surface area contributed by atoms with Gasteiger partial charge in [0.15, 0.2) is 0 Å². The number of nitrogens with one attached hydrogen (secondary N) is 1. The van der Waals surface area contributed by atoms with E-state index in [1.807, 2.05) is 18.2 Å². The first-order valence-electron chi connectivity index (χ1n) is 7.42. The Morgan fingerprint density at radius 1 is 1.10 bits per heavy atom. The summed E-state index contributed by atoms with van der Waals surface area (Å²) in [5, 5.41) is 3.59. The molecule has 0 amide bonds. The third kappa shape index (κ3) is 3.58. The van der Waals surface area contributed by atoms with Gasteiger partial charge in [0.1, 0.15) is 5.75 Å². The fourth-order valence-electron chi connectivity index (χ4n) is 2.79. The molecular weight excluding hydrogens is 282 g/mol. The SMILES string of the molecule is ClCC(Cc1ccccc1)NCC1COc2ccccc21. The fourth-order valence-corrected chi connectivity index (χ4v) is 3.01. The normalized spacial score (nSPS) is 18.0. The molecule has 0 saturated carbocycles. The summed E-state index contributed by atoms with van der Waals surface area (Å²) < 4.78 is 5.72. The Balaban J connectivity index is 1.57. The second-order valence-electron chi connectivity index (χ2n) is 5.49. The highest BCUT2D eigenvalue weighted by Gasteiger charge is 2.24. The molecule has 2 unspecified atom stereocenters. The average Bonchev–Trinajstić information content (AvgIpc) is 2.96. The molecule has 1 N–H and O–H groups in total. The zero-order valence-corrected chi connectivity index (χ0v) is 12.7. The highest BCUT2D eigenvalue weighted by Crippen LogP contribution is 2.32. The van der Waals surface area contributed by atoms with E-state index in [1.54, 1.807) is 0 Å². The van der Waals surface area contributed by atoms with E-state index in [-0.39, 0.29) is 0 Å². The van der Waals surface area contributed by atoms with Crippen molar-refractivity contribution in [2.24, 2.45) is 0 Å². The van der Waals surface area contributed by atoms with Gasteiger partial charge in [-0.15, -0.1) is 11.6 Å². The second-order valence-corrected chi connectivity index (χ2v) is 5.80. The maximum absolute atomic E-state index is 6.11. The lowest BCUT2D eigenvalue weighted by Gasteiger charge is -2.18. The summed E-state index contributed by atoms with van der Waals surface area (Å²) in [6, 6.07) is 19.1. The number of hydrogen-bond acceptors (Lipinski definition) is 2. The predicted molar refractivity (Wildman–Crippen MR) is 87.3 cm³/mol. The Morgan fingerprint density at radius 3 is 2.67 bits per heavy atom. The monoisotopic (exact) mass is 301 g/mol. The van der Waals surface area contributed by atoms with Crippen LogP contribution >= 0.6 is 11.6 Å². The first kappa shape index (κ1) is 14.4. The number of fused-ring (bicyclic) bond motifs is 1. The van der Waals surface area contributed by atoms with Gasteiger partial charge in [-0.25, -0.2) is 0 Å². The molecule has 0 aliphatic carbocycles. The maximum Gasteiger partial charge on any atom is 0.122 e. The van der Waals surface area contributed by atoms with Gasteiger partial charge in [-0.1, -0.05) is 48.5 Å². The third-order valence-corrected chi connectivity index (χ3v) is 4.34. The number of halogens is 1. The summed E-state index contributed by atoms with van der Waals surface area (Å²) in [6.45, 7) is 1.66. The van der Waals surface area contributed by atoms with Crippen molar-refractivity contribution in [3.05, 3.63) is 65.7 Å². The lowest BCUT2D eigenvalue weighted by atomic mass is 10.0. The van der Waals surface area contributed by atoms with E-state index in [0.717, 1.165) is 25.3 Å². The Labute approximate surface area is 131 Å². The molecule has 3 rings (SSSR count). The van der Waals surface area contributed by atoms with Crippen molar-refractivity contribution in [1.82, 2.24) is 5.32 Å². The molecule has 2 aromatic carbocycles. The molecule has 21 heavy (non-hydrogen) atoms. The molecular formula is C18H20ClNO. The summed E-state index contributed by atoms with van der Waals surface area (Å²) in [7, 11) is 0. The van der Waals surface area contributed by atoms with Gasteiger partial charge >= 0.3 is 0 Å². The van der Waals surface area contributed by atoms with Crippen LogP contribution in [0.1, 0.15) is 17.0 Å². The molecule has 2 nitrogen and oxygen atoms in total. The van der Waals surface area contributed by atoms with Crippen molar-refractivity contribution in [3.63, 3.8) is 0 Å². The van der Waals surface area contributed by atoms with Gasteiger partial charge in [-0.3, -0.25) is 0 Å². The highest BCUT2D eigenvalue weighted by atomic mass is 35.5. The number of benzene rings is 2. The van der Waals surface area contributed by atoms with E-state index in [2.05, 4.69) is 41.7 Å². The molecule has 3 heteroatoms. The Bertz CT molecular complexity index is 572. The summed E-state index contributed by atoms with van der Waals surface area (Å²) in [5.74, 6) is 2.06. The number of hydrogen-bond donors (Lipinski definition) is 1. The van der Waals surface area contributed by atoms with Crippen molar-refractivity contribution in [2.45, 2.75) is 18.4 Å². The summed E-state index contributed by atoms with van der Waals surface area (Å²) in [4.78, 5) is 0. The summed E-state index contributed by atoms with van der Waals surface area (Å²) in [6.07, 6.45) is 0.958. The molecule has 2 atom stereocenters. The second kappa shape index (κ2) is 6.97. The molecule has 1 aliphatic heterocycles. The van der Waals surface area contributed by atoms with Crippen LogP contribution in [-0.4, -0.2) is 25.1 Å². The number of alkyl halides is 1. The van der Waals surface area contributed by atoms with Crippen molar-refractivity contribution in [3.8, 4) is 5.75 Å². The molecule has 2 aromatic rings. The van der Waals surface area contributed by atoms with Gasteiger partial charge in [0.25, 0.3) is 0 Å². The number of ether oxygens (including phenoxy) is 1. The molecule has 0 spiro atoms. The van der Waals surface area contributed by atoms with E-state index in [1.165, 1.54) is 11.1 Å². The van der Waals surface area contributed by atoms with Gasteiger partial charge in [0.2, 0.25) is 0 Å². The molecule has 0 radical (unpaired) electrons.